The van der Waals surface area contributed by atoms with Crippen LogP contribution in [0.25, 0.3) is 4.91 Å². The van der Waals surface area contributed by atoms with E-state index < -0.39 is 0 Å². The minimum absolute atomic E-state index is 0.0804. The maximum Gasteiger partial charge on any atom is 0.106 e. The van der Waals surface area contributed by atoms with E-state index in [0.717, 1.165) is 0 Å². The lowest BCUT2D eigenvalue weighted by Gasteiger charge is -2.02. The Morgan fingerprint density at radius 3 is 2.73 bits per heavy atom. The molecule has 1 aromatic carbocycles. The normalized spacial score (nSPS) is 23.3. The van der Waals surface area contributed by atoms with Crippen molar-refractivity contribution in [3.63, 3.8) is 0 Å². The van der Waals surface area contributed by atoms with Crippen molar-refractivity contribution in [3.8, 4) is 0 Å². The van der Waals surface area contributed by atoms with Crippen LogP contribution < -0.4 is 0 Å². The van der Waals surface area contributed by atoms with E-state index in [2.05, 4.69) is 37.3 Å². The Balaban J connectivity index is 1.95. The molecule has 0 N–H and O–H groups in total. The molecule has 2 heterocycles. The fraction of sp³-hybridized carbons (Fsp3) is 0.0833. The van der Waals surface area contributed by atoms with Gasteiger partial charge in [0.15, 0.2) is 0 Å². The molecule has 0 saturated carbocycles. The Labute approximate surface area is 95.4 Å². The van der Waals surface area contributed by atoms with E-state index in [1.54, 1.807) is 0 Å². The van der Waals surface area contributed by atoms with Crippen LogP contribution in [0.3, 0.4) is 0 Å². The van der Waals surface area contributed by atoms with Crippen molar-refractivity contribution in [1.29, 1.82) is 0 Å². The molecule has 76 valence electrons. The minimum atomic E-state index is -0.0804. The highest BCUT2D eigenvalue weighted by Crippen LogP contribution is 2.52. The topological polar surface area (TPSA) is 9.23 Å². The Bertz CT molecular complexity index is 498. The second-order valence-electron chi connectivity index (χ2n) is 3.45. The van der Waals surface area contributed by atoms with E-state index in [1.165, 1.54) is 20.9 Å². The van der Waals surface area contributed by atoms with Crippen molar-refractivity contribution in [2.75, 3.05) is 0 Å². The van der Waals surface area contributed by atoms with E-state index in [-0.39, 0.29) is 9.80 Å². The van der Waals surface area contributed by atoms with Gasteiger partial charge in [-0.2, -0.15) is 0 Å². The van der Waals surface area contributed by atoms with Crippen LogP contribution in [0.15, 0.2) is 48.2 Å². The maximum atomic E-state index is 5.58. The van der Waals surface area contributed by atoms with E-state index in [1.807, 2.05) is 23.1 Å². The third kappa shape index (κ3) is 1.56. The molecule has 0 aliphatic carbocycles. The molecule has 2 aliphatic rings. The summed E-state index contributed by atoms with van der Waals surface area (Å²) in [7, 11) is 1.74. The molecule has 0 saturated heterocycles. The zero-order valence-electron chi connectivity index (χ0n) is 8.27. The fourth-order valence-electron chi connectivity index (χ4n) is 1.54. The summed E-state index contributed by atoms with van der Waals surface area (Å²) < 4.78 is 5.58. The zero-order chi connectivity index (χ0) is 10.3. The van der Waals surface area contributed by atoms with Crippen LogP contribution in [0.5, 0.6) is 0 Å². The molecule has 0 aromatic heterocycles. The third-order valence-electron chi connectivity index (χ3n) is 2.37. The molecule has 3 rings (SSSR count). The monoisotopic (exact) mass is 234 g/mol. The van der Waals surface area contributed by atoms with Gasteiger partial charge in [0.1, 0.15) is 6.26 Å². The first kappa shape index (κ1) is 9.31. The van der Waals surface area contributed by atoms with Crippen LogP contribution in [0, 0.1) is 0 Å². The quantitative estimate of drug-likeness (QED) is 0.537. The van der Waals surface area contributed by atoms with Gasteiger partial charge in [-0.1, -0.05) is 30.3 Å². The summed E-state index contributed by atoms with van der Waals surface area (Å²) in [5.41, 5.74) is 2.55. The minimum Gasteiger partial charge on any atom is -0.430 e. The van der Waals surface area contributed by atoms with Gasteiger partial charge < -0.3 is 4.18 Å². The molecule has 0 spiro atoms. The first-order valence-electron chi connectivity index (χ1n) is 4.75. The first-order chi connectivity index (χ1) is 7.34. The van der Waals surface area contributed by atoms with E-state index in [9.17, 15) is 0 Å². The lowest BCUT2D eigenvalue weighted by molar-refractivity contribution is 0.574. The van der Waals surface area contributed by atoms with Crippen molar-refractivity contribution in [2.24, 2.45) is 0 Å². The average Bonchev–Trinajstić information content (AvgIpc) is 2.83. The van der Waals surface area contributed by atoms with E-state index in [0.29, 0.717) is 0 Å². The summed E-state index contributed by atoms with van der Waals surface area (Å²) in [6.45, 7) is 2.10. The summed E-state index contributed by atoms with van der Waals surface area (Å²) in [6, 6.07) is 10.5. The molecule has 2 aliphatic heterocycles. The van der Waals surface area contributed by atoms with Gasteiger partial charge in [0.2, 0.25) is 0 Å². The van der Waals surface area contributed by atoms with Gasteiger partial charge >= 0.3 is 0 Å². The van der Waals surface area contributed by atoms with Crippen molar-refractivity contribution >= 4 is 30.4 Å². The van der Waals surface area contributed by atoms with Crippen LogP contribution in [0.1, 0.15) is 12.5 Å². The van der Waals surface area contributed by atoms with Crippen LogP contribution in [-0.4, -0.2) is 4.86 Å². The Hall–Kier alpha value is -0.930. The highest BCUT2D eigenvalue weighted by molar-refractivity contribution is 8.86. The summed E-state index contributed by atoms with van der Waals surface area (Å²) in [4.78, 5) is 2.67. The second-order valence-corrected chi connectivity index (χ2v) is 6.57. The summed E-state index contributed by atoms with van der Waals surface area (Å²) >= 11 is 0. The predicted octanol–water partition coefficient (Wildman–Crippen LogP) is 3.98. The third-order valence-corrected chi connectivity index (χ3v) is 5.89. The van der Waals surface area contributed by atoms with Crippen LogP contribution in [0.4, 0.5) is 0 Å². The number of hydrogen-bond acceptors (Lipinski definition) is 2. The first-order valence-corrected chi connectivity index (χ1v) is 7.24. The van der Waals surface area contributed by atoms with Gasteiger partial charge in [0.05, 0.1) is 14.7 Å². The Morgan fingerprint density at radius 2 is 2.00 bits per heavy atom. The predicted molar refractivity (Wildman–Crippen MR) is 69.5 cm³/mol. The molecule has 0 amide bonds. The SMILES string of the molecule is CC1=COS2=C1C=C(c1ccccc1)S2. The Morgan fingerprint density at radius 1 is 1.20 bits per heavy atom. The molecule has 0 bridgehead atoms. The maximum absolute atomic E-state index is 5.58. The number of allylic oxidation sites excluding steroid dienone is 2. The average molecular weight is 234 g/mol. The largest absolute Gasteiger partial charge is 0.430 e. The zero-order valence-corrected chi connectivity index (χ0v) is 9.90. The standard InChI is InChI=1S/C12H10OS2/c1-9-8-13-15-12(9)7-11(14-15)10-5-3-2-4-6-10/h2-8H,1H3. The molecule has 15 heavy (non-hydrogen) atoms. The van der Waals surface area contributed by atoms with E-state index in [4.69, 9.17) is 4.18 Å². The smallest absolute Gasteiger partial charge is 0.106 e. The van der Waals surface area contributed by atoms with Crippen LogP contribution in [0.2, 0.25) is 0 Å². The van der Waals surface area contributed by atoms with Gasteiger partial charge in [0, 0.05) is 10.5 Å². The molecule has 1 atom stereocenters. The lowest BCUT2D eigenvalue weighted by Crippen LogP contribution is -1.87. The van der Waals surface area contributed by atoms with E-state index >= 15 is 0 Å². The van der Waals surface area contributed by atoms with Gasteiger partial charge in [-0.3, -0.25) is 0 Å². The number of hydrogen-bond donors (Lipinski definition) is 0. The number of rotatable bonds is 1. The molecule has 1 nitrogen and oxygen atoms in total. The molecular weight excluding hydrogens is 224 g/mol. The molecule has 0 radical (unpaired) electrons. The number of benzene rings is 1. The van der Waals surface area contributed by atoms with Crippen molar-refractivity contribution < 1.29 is 4.18 Å². The summed E-state index contributed by atoms with van der Waals surface area (Å²) in [6.07, 6.45) is 4.12. The molecular formula is C12H10OS2. The molecule has 1 aromatic rings. The van der Waals surface area contributed by atoms with Gasteiger partial charge in [-0.25, -0.2) is 0 Å². The lowest BCUT2D eigenvalue weighted by atomic mass is 10.1. The molecule has 1 unspecified atom stereocenters. The van der Waals surface area contributed by atoms with Gasteiger partial charge in [0.25, 0.3) is 0 Å². The molecule has 0 fully saturated rings. The van der Waals surface area contributed by atoms with Crippen molar-refractivity contribution in [2.45, 2.75) is 6.92 Å². The van der Waals surface area contributed by atoms with Crippen LogP contribution >= 0.6 is 20.6 Å². The summed E-state index contributed by atoms with van der Waals surface area (Å²) in [5.74, 6) is 0. The highest BCUT2D eigenvalue weighted by atomic mass is 33.1. The summed E-state index contributed by atoms with van der Waals surface area (Å²) in [5, 5.41) is 0. The highest BCUT2D eigenvalue weighted by Gasteiger charge is 2.23. The van der Waals surface area contributed by atoms with Gasteiger partial charge in [-0.15, -0.1) is 0 Å². The second kappa shape index (κ2) is 3.58. The van der Waals surface area contributed by atoms with Crippen LogP contribution in [-0.2, 0) is 4.18 Å². The van der Waals surface area contributed by atoms with Gasteiger partial charge in [-0.05, 0) is 29.4 Å². The van der Waals surface area contributed by atoms with Crippen molar-refractivity contribution in [1.82, 2.24) is 0 Å². The van der Waals surface area contributed by atoms with Crippen molar-refractivity contribution in [3.05, 3.63) is 53.8 Å². The fourth-order valence-corrected chi connectivity index (χ4v) is 5.13. The molecule has 3 heteroatoms. The Kier molecular flexibility index (Phi) is 2.22.